The fourth-order valence-electron chi connectivity index (χ4n) is 1.88. The minimum absolute atomic E-state index is 0.232. The molecule has 1 fully saturated rings. The Hall–Kier alpha value is -0.770. The van der Waals surface area contributed by atoms with Gasteiger partial charge in [-0.1, -0.05) is 23.2 Å². The molecule has 0 saturated heterocycles. The van der Waals surface area contributed by atoms with Gasteiger partial charge in [0.05, 0.1) is 16.2 Å². The van der Waals surface area contributed by atoms with E-state index in [0.29, 0.717) is 21.5 Å². The summed E-state index contributed by atoms with van der Waals surface area (Å²) in [6.45, 7) is 1.98. The van der Waals surface area contributed by atoms with Gasteiger partial charge < -0.3 is 10.4 Å². The van der Waals surface area contributed by atoms with Crippen molar-refractivity contribution in [3.8, 4) is 0 Å². The summed E-state index contributed by atoms with van der Waals surface area (Å²) in [5.74, 6) is -0.00363. The van der Waals surface area contributed by atoms with Crippen LogP contribution in [0.15, 0.2) is 18.2 Å². The molecule has 0 heterocycles. The average molecular weight is 288 g/mol. The summed E-state index contributed by atoms with van der Waals surface area (Å²) in [5.41, 5.74) is -0.471. The standard InChI is InChI=1S/C13H15Cl2NO2/c1-13(18,8-2-3-8)7-16-12(17)10-5-4-9(14)6-11(10)15/h4-6,8,18H,2-3,7H2,1H3,(H,16,17). The van der Waals surface area contributed by atoms with Crippen molar-refractivity contribution in [2.75, 3.05) is 6.54 Å². The van der Waals surface area contributed by atoms with Crippen LogP contribution in [0.5, 0.6) is 0 Å². The van der Waals surface area contributed by atoms with Crippen LogP contribution in [0.25, 0.3) is 0 Å². The Balaban J connectivity index is 1.99. The topological polar surface area (TPSA) is 49.3 Å². The van der Waals surface area contributed by atoms with Gasteiger partial charge in [-0.15, -0.1) is 0 Å². The van der Waals surface area contributed by atoms with Crippen molar-refractivity contribution in [2.24, 2.45) is 5.92 Å². The monoisotopic (exact) mass is 287 g/mol. The Morgan fingerprint density at radius 3 is 2.72 bits per heavy atom. The zero-order chi connectivity index (χ0) is 13.3. The number of hydrogen-bond donors (Lipinski definition) is 2. The Kier molecular flexibility index (Phi) is 3.85. The van der Waals surface area contributed by atoms with E-state index in [4.69, 9.17) is 23.2 Å². The Bertz CT molecular complexity index is 470. The summed E-state index contributed by atoms with van der Waals surface area (Å²) in [7, 11) is 0. The molecule has 2 rings (SSSR count). The summed E-state index contributed by atoms with van der Waals surface area (Å²) in [4.78, 5) is 11.9. The van der Waals surface area contributed by atoms with Crippen LogP contribution in [0, 0.1) is 5.92 Å². The largest absolute Gasteiger partial charge is 0.388 e. The quantitative estimate of drug-likeness (QED) is 0.895. The zero-order valence-corrected chi connectivity index (χ0v) is 11.6. The first-order valence-electron chi connectivity index (χ1n) is 5.86. The molecule has 1 aliphatic rings. The smallest absolute Gasteiger partial charge is 0.252 e. The predicted molar refractivity (Wildman–Crippen MR) is 72.1 cm³/mol. The first-order chi connectivity index (χ1) is 8.40. The third-order valence-corrected chi connectivity index (χ3v) is 3.79. The van der Waals surface area contributed by atoms with Gasteiger partial charge in [-0.2, -0.15) is 0 Å². The molecule has 3 nitrogen and oxygen atoms in total. The number of amides is 1. The van der Waals surface area contributed by atoms with Crippen LogP contribution in [0.1, 0.15) is 30.1 Å². The lowest BCUT2D eigenvalue weighted by molar-refractivity contribution is 0.0354. The molecule has 2 N–H and O–H groups in total. The minimum atomic E-state index is -0.839. The normalized spacial score (nSPS) is 18.2. The maximum absolute atomic E-state index is 11.9. The second kappa shape index (κ2) is 5.08. The van der Waals surface area contributed by atoms with E-state index in [1.165, 1.54) is 6.07 Å². The van der Waals surface area contributed by atoms with Crippen LogP contribution >= 0.6 is 23.2 Å². The molecule has 0 radical (unpaired) electrons. The molecule has 1 aromatic carbocycles. The molecule has 0 spiro atoms. The summed E-state index contributed by atoms with van der Waals surface area (Å²) in [5, 5.41) is 13.6. The minimum Gasteiger partial charge on any atom is -0.388 e. The summed E-state index contributed by atoms with van der Waals surface area (Å²) in [6.07, 6.45) is 2.04. The van der Waals surface area contributed by atoms with Crippen molar-refractivity contribution in [3.63, 3.8) is 0 Å². The van der Waals surface area contributed by atoms with E-state index in [-0.39, 0.29) is 12.5 Å². The van der Waals surface area contributed by atoms with Crippen molar-refractivity contribution in [1.82, 2.24) is 5.32 Å². The number of halogens is 2. The lowest BCUT2D eigenvalue weighted by Gasteiger charge is -2.23. The molecule has 0 aromatic heterocycles. The first kappa shape index (κ1) is 13.7. The van der Waals surface area contributed by atoms with Crippen LogP contribution in [0.2, 0.25) is 10.0 Å². The van der Waals surface area contributed by atoms with Crippen molar-refractivity contribution in [3.05, 3.63) is 33.8 Å². The predicted octanol–water partition coefficient (Wildman–Crippen LogP) is 2.88. The Morgan fingerprint density at radius 2 is 2.17 bits per heavy atom. The highest BCUT2D eigenvalue weighted by Crippen LogP contribution is 2.39. The molecule has 1 aliphatic carbocycles. The van der Waals surface area contributed by atoms with E-state index in [9.17, 15) is 9.90 Å². The van der Waals surface area contributed by atoms with Gasteiger partial charge in [0, 0.05) is 11.6 Å². The number of benzene rings is 1. The molecule has 18 heavy (non-hydrogen) atoms. The van der Waals surface area contributed by atoms with E-state index in [1.54, 1.807) is 19.1 Å². The number of aliphatic hydroxyl groups is 1. The van der Waals surface area contributed by atoms with Gasteiger partial charge >= 0.3 is 0 Å². The molecule has 0 bridgehead atoms. The van der Waals surface area contributed by atoms with E-state index in [0.717, 1.165) is 12.8 Å². The third kappa shape index (κ3) is 3.16. The highest BCUT2D eigenvalue weighted by molar-refractivity contribution is 6.36. The molecule has 1 unspecified atom stereocenters. The molecule has 5 heteroatoms. The van der Waals surface area contributed by atoms with Gasteiger partial charge in [-0.25, -0.2) is 0 Å². The van der Waals surface area contributed by atoms with Crippen molar-refractivity contribution in [1.29, 1.82) is 0 Å². The average Bonchev–Trinajstić information content (AvgIpc) is 3.10. The van der Waals surface area contributed by atoms with Gasteiger partial charge in [-0.3, -0.25) is 4.79 Å². The van der Waals surface area contributed by atoms with Crippen LogP contribution in [-0.4, -0.2) is 23.2 Å². The van der Waals surface area contributed by atoms with Crippen LogP contribution in [0.4, 0.5) is 0 Å². The number of nitrogens with one attached hydrogen (secondary N) is 1. The van der Waals surface area contributed by atoms with Crippen LogP contribution in [0.3, 0.4) is 0 Å². The zero-order valence-electron chi connectivity index (χ0n) is 10.0. The second-order valence-corrected chi connectivity index (χ2v) is 5.78. The lowest BCUT2D eigenvalue weighted by Crippen LogP contribution is -2.42. The van der Waals surface area contributed by atoms with Crippen molar-refractivity contribution < 1.29 is 9.90 Å². The van der Waals surface area contributed by atoms with E-state index < -0.39 is 5.60 Å². The van der Waals surface area contributed by atoms with E-state index in [2.05, 4.69) is 5.32 Å². The molecule has 1 atom stereocenters. The van der Waals surface area contributed by atoms with Crippen molar-refractivity contribution >= 4 is 29.1 Å². The molecule has 1 amide bonds. The first-order valence-corrected chi connectivity index (χ1v) is 6.61. The summed E-state index contributed by atoms with van der Waals surface area (Å²) < 4.78 is 0. The second-order valence-electron chi connectivity index (χ2n) is 4.94. The summed E-state index contributed by atoms with van der Waals surface area (Å²) >= 11 is 11.7. The van der Waals surface area contributed by atoms with Crippen molar-refractivity contribution in [2.45, 2.75) is 25.4 Å². The summed E-state index contributed by atoms with van der Waals surface area (Å²) in [6, 6.07) is 4.71. The molecule has 98 valence electrons. The van der Waals surface area contributed by atoms with E-state index >= 15 is 0 Å². The van der Waals surface area contributed by atoms with Gasteiger partial charge in [0.2, 0.25) is 0 Å². The SMILES string of the molecule is CC(O)(CNC(=O)c1ccc(Cl)cc1Cl)C1CC1. The molecular weight excluding hydrogens is 273 g/mol. The van der Waals surface area contributed by atoms with Gasteiger partial charge in [-0.05, 0) is 43.9 Å². The fraction of sp³-hybridized carbons (Fsp3) is 0.462. The highest BCUT2D eigenvalue weighted by atomic mass is 35.5. The molecule has 0 aliphatic heterocycles. The number of carbonyl (C=O) groups is 1. The highest BCUT2D eigenvalue weighted by Gasteiger charge is 2.40. The number of hydrogen-bond acceptors (Lipinski definition) is 2. The van der Waals surface area contributed by atoms with Gasteiger partial charge in [0.15, 0.2) is 0 Å². The fourth-order valence-corrected chi connectivity index (χ4v) is 2.37. The lowest BCUT2D eigenvalue weighted by atomic mass is 10.0. The van der Waals surface area contributed by atoms with Gasteiger partial charge in [0.1, 0.15) is 0 Å². The number of carbonyl (C=O) groups excluding carboxylic acids is 1. The Labute approximate surface area is 116 Å². The van der Waals surface area contributed by atoms with Gasteiger partial charge in [0.25, 0.3) is 5.91 Å². The van der Waals surface area contributed by atoms with Crippen LogP contribution < -0.4 is 5.32 Å². The third-order valence-electron chi connectivity index (χ3n) is 3.24. The molecule has 1 saturated carbocycles. The maximum atomic E-state index is 11.9. The molecule has 1 aromatic rings. The molecular formula is C13H15Cl2NO2. The number of rotatable bonds is 4. The van der Waals surface area contributed by atoms with Crippen LogP contribution in [-0.2, 0) is 0 Å². The Morgan fingerprint density at radius 1 is 1.50 bits per heavy atom. The maximum Gasteiger partial charge on any atom is 0.252 e. The van der Waals surface area contributed by atoms with E-state index in [1.807, 2.05) is 0 Å².